The van der Waals surface area contributed by atoms with Gasteiger partial charge in [-0.15, -0.1) is 11.6 Å². The molecule has 0 heterocycles. The normalized spacial score (nSPS) is 12.1. The predicted octanol–water partition coefficient (Wildman–Crippen LogP) is 4.48. The molecule has 1 unspecified atom stereocenters. The molecular formula is C16H16ClFO2. The lowest BCUT2D eigenvalue weighted by atomic mass is 9.99. The van der Waals surface area contributed by atoms with E-state index >= 15 is 0 Å². The van der Waals surface area contributed by atoms with Gasteiger partial charge in [-0.3, -0.25) is 0 Å². The standard InChI is InChI=1S/C16H16ClFO2/c1-10-8-11(19-2)4-6-13(10)16(17)14-7-5-12(20-3)9-15(14)18/h4-9,16H,1-3H3. The minimum atomic E-state index is -0.549. The Morgan fingerprint density at radius 1 is 0.950 bits per heavy atom. The number of hydrogen-bond acceptors (Lipinski definition) is 2. The predicted molar refractivity (Wildman–Crippen MR) is 78.4 cm³/mol. The second-order valence-corrected chi connectivity index (χ2v) is 4.91. The summed E-state index contributed by atoms with van der Waals surface area (Å²) in [7, 11) is 3.11. The SMILES string of the molecule is COc1ccc(C(Cl)c2ccc(OC)cc2F)c(C)c1. The molecule has 0 spiro atoms. The van der Waals surface area contributed by atoms with E-state index in [0.29, 0.717) is 11.3 Å². The first-order chi connectivity index (χ1) is 9.56. The highest BCUT2D eigenvalue weighted by atomic mass is 35.5. The largest absolute Gasteiger partial charge is 0.497 e. The van der Waals surface area contributed by atoms with E-state index in [1.807, 2.05) is 25.1 Å². The molecule has 0 saturated heterocycles. The third-order valence-electron chi connectivity index (χ3n) is 3.23. The van der Waals surface area contributed by atoms with Gasteiger partial charge in [-0.25, -0.2) is 4.39 Å². The first-order valence-electron chi connectivity index (χ1n) is 6.19. The highest BCUT2D eigenvalue weighted by Crippen LogP contribution is 2.35. The van der Waals surface area contributed by atoms with Crippen molar-refractivity contribution in [1.82, 2.24) is 0 Å². The number of methoxy groups -OCH3 is 2. The van der Waals surface area contributed by atoms with Crippen LogP contribution in [0, 0.1) is 12.7 Å². The van der Waals surface area contributed by atoms with E-state index in [1.54, 1.807) is 19.2 Å². The average Bonchev–Trinajstić information content (AvgIpc) is 2.46. The smallest absolute Gasteiger partial charge is 0.131 e. The summed E-state index contributed by atoms with van der Waals surface area (Å²) in [5.41, 5.74) is 2.25. The first-order valence-corrected chi connectivity index (χ1v) is 6.62. The van der Waals surface area contributed by atoms with Gasteiger partial charge in [0, 0.05) is 11.6 Å². The Morgan fingerprint density at radius 3 is 2.00 bits per heavy atom. The summed E-state index contributed by atoms with van der Waals surface area (Å²) in [6.45, 7) is 1.93. The zero-order valence-electron chi connectivity index (χ0n) is 11.6. The summed E-state index contributed by atoms with van der Waals surface area (Å²) in [5.74, 6) is 0.853. The number of hydrogen-bond donors (Lipinski definition) is 0. The van der Waals surface area contributed by atoms with Crippen LogP contribution in [0.4, 0.5) is 4.39 Å². The van der Waals surface area contributed by atoms with Crippen LogP contribution in [0.5, 0.6) is 11.5 Å². The molecule has 0 N–H and O–H groups in total. The quantitative estimate of drug-likeness (QED) is 0.774. The third-order valence-corrected chi connectivity index (χ3v) is 3.70. The van der Waals surface area contributed by atoms with Gasteiger partial charge in [0.2, 0.25) is 0 Å². The molecule has 0 aliphatic carbocycles. The summed E-state index contributed by atoms with van der Waals surface area (Å²) in [5, 5.41) is -0.549. The Labute approximate surface area is 123 Å². The van der Waals surface area contributed by atoms with Gasteiger partial charge in [0.25, 0.3) is 0 Å². The van der Waals surface area contributed by atoms with Crippen molar-refractivity contribution < 1.29 is 13.9 Å². The van der Waals surface area contributed by atoms with Crippen LogP contribution in [0.2, 0.25) is 0 Å². The number of ether oxygens (including phenoxy) is 2. The van der Waals surface area contributed by atoms with Crippen molar-refractivity contribution in [3.05, 3.63) is 58.9 Å². The maximum Gasteiger partial charge on any atom is 0.131 e. The van der Waals surface area contributed by atoms with E-state index in [-0.39, 0.29) is 5.82 Å². The number of rotatable bonds is 4. The topological polar surface area (TPSA) is 18.5 Å². The van der Waals surface area contributed by atoms with Crippen molar-refractivity contribution in [2.75, 3.05) is 14.2 Å². The van der Waals surface area contributed by atoms with Crippen molar-refractivity contribution in [1.29, 1.82) is 0 Å². The second-order valence-electron chi connectivity index (χ2n) is 4.47. The minimum Gasteiger partial charge on any atom is -0.497 e. The van der Waals surface area contributed by atoms with Gasteiger partial charge in [0.1, 0.15) is 17.3 Å². The minimum absolute atomic E-state index is 0.375. The van der Waals surface area contributed by atoms with Gasteiger partial charge in [-0.2, -0.15) is 0 Å². The van der Waals surface area contributed by atoms with Crippen LogP contribution in [0.15, 0.2) is 36.4 Å². The van der Waals surface area contributed by atoms with E-state index in [4.69, 9.17) is 21.1 Å². The van der Waals surface area contributed by atoms with Crippen molar-refractivity contribution in [3.8, 4) is 11.5 Å². The van der Waals surface area contributed by atoms with Crippen LogP contribution < -0.4 is 9.47 Å². The van der Waals surface area contributed by atoms with E-state index in [0.717, 1.165) is 16.9 Å². The van der Waals surface area contributed by atoms with Gasteiger partial charge in [0.05, 0.1) is 19.6 Å². The summed E-state index contributed by atoms with van der Waals surface area (Å²) in [4.78, 5) is 0. The van der Waals surface area contributed by atoms with E-state index < -0.39 is 5.38 Å². The molecule has 0 bridgehead atoms. The zero-order chi connectivity index (χ0) is 14.7. The molecular weight excluding hydrogens is 279 g/mol. The summed E-state index contributed by atoms with van der Waals surface area (Å²) in [6, 6.07) is 10.2. The Hall–Kier alpha value is -1.74. The maximum absolute atomic E-state index is 14.1. The van der Waals surface area contributed by atoms with Crippen LogP contribution in [0.3, 0.4) is 0 Å². The zero-order valence-corrected chi connectivity index (χ0v) is 12.4. The van der Waals surface area contributed by atoms with Crippen LogP contribution in [0.1, 0.15) is 22.1 Å². The van der Waals surface area contributed by atoms with Crippen LogP contribution >= 0.6 is 11.6 Å². The molecule has 2 aromatic carbocycles. The van der Waals surface area contributed by atoms with Crippen molar-refractivity contribution in [2.24, 2.45) is 0 Å². The molecule has 2 aromatic rings. The van der Waals surface area contributed by atoms with Crippen molar-refractivity contribution >= 4 is 11.6 Å². The van der Waals surface area contributed by atoms with Gasteiger partial charge in [-0.05, 0) is 36.2 Å². The number of aryl methyl sites for hydroxylation is 1. The molecule has 0 aromatic heterocycles. The molecule has 0 fully saturated rings. The fraction of sp³-hybridized carbons (Fsp3) is 0.250. The fourth-order valence-corrected chi connectivity index (χ4v) is 2.49. The van der Waals surface area contributed by atoms with Crippen LogP contribution in [-0.4, -0.2) is 14.2 Å². The Kier molecular flexibility index (Phi) is 4.50. The monoisotopic (exact) mass is 294 g/mol. The van der Waals surface area contributed by atoms with Crippen molar-refractivity contribution in [2.45, 2.75) is 12.3 Å². The molecule has 1 atom stereocenters. The fourth-order valence-electron chi connectivity index (χ4n) is 2.07. The highest BCUT2D eigenvalue weighted by molar-refractivity contribution is 6.22. The molecule has 20 heavy (non-hydrogen) atoms. The molecule has 0 amide bonds. The van der Waals surface area contributed by atoms with Crippen molar-refractivity contribution in [3.63, 3.8) is 0 Å². The number of halogens is 2. The van der Waals surface area contributed by atoms with Gasteiger partial charge in [0.15, 0.2) is 0 Å². The second kappa shape index (κ2) is 6.14. The highest BCUT2D eigenvalue weighted by Gasteiger charge is 2.18. The molecule has 0 aliphatic rings. The van der Waals surface area contributed by atoms with Gasteiger partial charge < -0.3 is 9.47 Å². The van der Waals surface area contributed by atoms with E-state index in [1.165, 1.54) is 13.2 Å². The lowest BCUT2D eigenvalue weighted by Crippen LogP contribution is -2.00. The summed E-state index contributed by atoms with van der Waals surface area (Å²) < 4.78 is 24.2. The Morgan fingerprint density at radius 2 is 1.50 bits per heavy atom. The number of alkyl halides is 1. The Bertz CT molecular complexity index is 560. The molecule has 0 radical (unpaired) electrons. The molecule has 2 rings (SSSR count). The van der Waals surface area contributed by atoms with Crippen LogP contribution in [0.25, 0.3) is 0 Å². The number of benzene rings is 2. The molecule has 0 saturated carbocycles. The van der Waals surface area contributed by atoms with E-state index in [9.17, 15) is 4.39 Å². The lowest BCUT2D eigenvalue weighted by molar-refractivity contribution is 0.410. The van der Waals surface area contributed by atoms with Crippen LogP contribution in [-0.2, 0) is 0 Å². The first kappa shape index (κ1) is 14.7. The summed E-state index contributed by atoms with van der Waals surface area (Å²) >= 11 is 6.41. The van der Waals surface area contributed by atoms with Gasteiger partial charge >= 0.3 is 0 Å². The summed E-state index contributed by atoms with van der Waals surface area (Å²) in [6.07, 6.45) is 0. The Balaban J connectivity index is 2.38. The molecule has 106 valence electrons. The maximum atomic E-state index is 14.1. The van der Waals surface area contributed by atoms with E-state index in [2.05, 4.69) is 0 Å². The molecule has 0 aliphatic heterocycles. The lowest BCUT2D eigenvalue weighted by Gasteiger charge is -2.15. The van der Waals surface area contributed by atoms with Gasteiger partial charge in [-0.1, -0.05) is 12.1 Å². The molecule has 4 heteroatoms. The third kappa shape index (κ3) is 2.88. The average molecular weight is 295 g/mol. The molecule has 2 nitrogen and oxygen atoms in total.